The fraction of sp³-hybridized carbons (Fsp3) is 0.929. The summed E-state index contributed by atoms with van der Waals surface area (Å²) in [5.41, 5.74) is -0.0369. The summed E-state index contributed by atoms with van der Waals surface area (Å²) in [6, 6.07) is -0.284. The third kappa shape index (κ3) is 2.84. The molecular formula is C14H23NO4S. The monoisotopic (exact) mass is 301 g/mol. The van der Waals surface area contributed by atoms with E-state index in [0.717, 1.165) is 37.2 Å². The SMILES string of the molecule is O=C(O)C1CC(O)CN1C1CCOC2(CCSCC2)C1. The van der Waals surface area contributed by atoms with Crippen molar-refractivity contribution in [1.82, 2.24) is 4.90 Å². The fourth-order valence-electron chi connectivity index (χ4n) is 3.86. The molecule has 3 atom stereocenters. The number of rotatable bonds is 2. The number of carboxylic acid groups (broad SMARTS) is 1. The average molecular weight is 301 g/mol. The summed E-state index contributed by atoms with van der Waals surface area (Å²) in [6.07, 6.45) is 3.80. The van der Waals surface area contributed by atoms with E-state index in [9.17, 15) is 15.0 Å². The summed E-state index contributed by atoms with van der Waals surface area (Å²) in [4.78, 5) is 13.4. The lowest BCUT2D eigenvalue weighted by Gasteiger charge is -2.46. The van der Waals surface area contributed by atoms with Crippen LogP contribution >= 0.6 is 11.8 Å². The standard InChI is InChI=1S/C14H23NO4S/c16-11-7-12(13(17)18)15(9-11)10-1-4-19-14(8-10)2-5-20-6-3-14/h10-12,16H,1-9H2,(H,17,18). The maximum atomic E-state index is 11.4. The normalized spacial score (nSPS) is 38.1. The lowest BCUT2D eigenvalue weighted by Crippen LogP contribution is -2.52. The molecule has 0 aromatic rings. The Morgan fingerprint density at radius 1 is 1.35 bits per heavy atom. The molecule has 0 aromatic carbocycles. The maximum Gasteiger partial charge on any atom is 0.321 e. The van der Waals surface area contributed by atoms with Gasteiger partial charge in [-0.3, -0.25) is 9.69 Å². The Hall–Kier alpha value is -0.300. The highest BCUT2D eigenvalue weighted by Gasteiger charge is 2.45. The fourth-order valence-corrected chi connectivity index (χ4v) is 5.10. The predicted molar refractivity (Wildman–Crippen MR) is 77.0 cm³/mol. The van der Waals surface area contributed by atoms with Gasteiger partial charge in [0, 0.05) is 25.6 Å². The van der Waals surface area contributed by atoms with Crippen molar-refractivity contribution >= 4 is 17.7 Å². The highest BCUT2D eigenvalue weighted by atomic mass is 32.2. The second kappa shape index (κ2) is 5.83. The van der Waals surface area contributed by atoms with E-state index in [1.165, 1.54) is 0 Å². The first kappa shape index (κ1) is 14.6. The molecule has 0 aromatic heterocycles. The van der Waals surface area contributed by atoms with E-state index in [-0.39, 0.29) is 11.6 Å². The lowest BCUT2D eigenvalue weighted by atomic mass is 9.84. The van der Waals surface area contributed by atoms with Crippen molar-refractivity contribution in [3.8, 4) is 0 Å². The van der Waals surface area contributed by atoms with E-state index in [1.807, 2.05) is 16.7 Å². The van der Waals surface area contributed by atoms with E-state index in [1.54, 1.807) is 0 Å². The summed E-state index contributed by atoms with van der Waals surface area (Å²) in [5.74, 6) is 1.47. The van der Waals surface area contributed by atoms with Crippen molar-refractivity contribution < 1.29 is 19.7 Å². The van der Waals surface area contributed by atoms with Crippen LogP contribution in [0.25, 0.3) is 0 Å². The van der Waals surface area contributed by atoms with Crippen LogP contribution in [0.4, 0.5) is 0 Å². The van der Waals surface area contributed by atoms with Crippen LogP contribution < -0.4 is 0 Å². The maximum absolute atomic E-state index is 11.4. The Balaban J connectivity index is 1.71. The minimum Gasteiger partial charge on any atom is -0.480 e. The molecule has 3 unspecified atom stereocenters. The molecule has 1 spiro atoms. The number of hydrogen-bond donors (Lipinski definition) is 2. The van der Waals surface area contributed by atoms with Crippen molar-refractivity contribution in [3.05, 3.63) is 0 Å². The molecule has 0 aliphatic carbocycles. The molecule has 3 fully saturated rings. The highest BCUT2D eigenvalue weighted by molar-refractivity contribution is 7.99. The van der Waals surface area contributed by atoms with Gasteiger partial charge in [0.05, 0.1) is 11.7 Å². The van der Waals surface area contributed by atoms with Crippen molar-refractivity contribution in [2.24, 2.45) is 0 Å². The number of carbonyl (C=O) groups is 1. The van der Waals surface area contributed by atoms with Crippen LogP contribution in [0.5, 0.6) is 0 Å². The van der Waals surface area contributed by atoms with Gasteiger partial charge in [-0.05, 0) is 37.2 Å². The summed E-state index contributed by atoms with van der Waals surface area (Å²) < 4.78 is 6.07. The molecule has 0 saturated carbocycles. The number of nitrogens with zero attached hydrogens (tertiary/aromatic N) is 1. The van der Waals surface area contributed by atoms with Crippen LogP contribution in [0, 0.1) is 0 Å². The predicted octanol–water partition coefficient (Wildman–Crippen LogP) is 0.951. The van der Waals surface area contributed by atoms with E-state index in [0.29, 0.717) is 19.6 Å². The molecule has 0 amide bonds. The van der Waals surface area contributed by atoms with Crippen LogP contribution in [0.1, 0.15) is 32.1 Å². The van der Waals surface area contributed by atoms with Crippen molar-refractivity contribution in [1.29, 1.82) is 0 Å². The molecule has 3 aliphatic rings. The van der Waals surface area contributed by atoms with E-state index < -0.39 is 18.1 Å². The summed E-state index contributed by atoms with van der Waals surface area (Å²) in [5, 5.41) is 19.2. The van der Waals surface area contributed by atoms with Gasteiger partial charge < -0.3 is 14.9 Å². The number of carboxylic acids is 1. The van der Waals surface area contributed by atoms with Crippen LogP contribution in [0.3, 0.4) is 0 Å². The lowest BCUT2D eigenvalue weighted by molar-refractivity contribution is -0.147. The Morgan fingerprint density at radius 3 is 2.80 bits per heavy atom. The number of ether oxygens (including phenoxy) is 1. The molecule has 3 rings (SSSR count). The third-order valence-corrected chi connectivity index (χ3v) is 5.93. The number of aliphatic hydroxyl groups is 1. The average Bonchev–Trinajstić information content (AvgIpc) is 2.82. The number of likely N-dealkylation sites (tertiary alicyclic amines) is 1. The van der Waals surface area contributed by atoms with Crippen LogP contribution in [0.15, 0.2) is 0 Å². The van der Waals surface area contributed by atoms with Gasteiger partial charge in [0.2, 0.25) is 0 Å². The van der Waals surface area contributed by atoms with E-state index in [2.05, 4.69) is 0 Å². The van der Waals surface area contributed by atoms with Gasteiger partial charge in [-0.25, -0.2) is 0 Å². The zero-order valence-electron chi connectivity index (χ0n) is 11.7. The first-order valence-corrected chi connectivity index (χ1v) is 8.63. The van der Waals surface area contributed by atoms with Gasteiger partial charge in [0.1, 0.15) is 6.04 Å². The molecule has 6 heteroatoms. The first-order chi connectivity index (χ1) is 9.60. The Morgan fingerprint density at radius 2 is 2.10 bits per heavy atom. The quantitative estimate of drug-likeness (QED) is 0.791. The van der Waals surface area contributed by atoms with Gasteiger partial charge in [0.15, 0.2) is 0 Å². The topological polar surface area (TPSA) is 70.0 Å². The first-order valence-electron chi connectivity index (χ1n) is 7.48. The second-order valence-corrected chi connectivity index (χ2v) is 7.46. The minimum absolute atomic E-state index is 0.0369. The Kier molecular flexibility index (Phi) is 4.26. The molecule has 3 heterocycles. The van der Waals surface area contributed by atoms with Crippen LogP contribution in [-0.4, -0.2) is 69.5 Å². The summed E-state index contributed by atoms with van der Waals surface area (Å²) >= 11 is 1.97. The van der Waals surface area contributed by atoms with Gasteiger partial charge in [-0.1, -0.05) is 0 Å². The minimum atomic E-state index is -0.804. The Labute approximate surface area is 123 Å². The van der Waals surface area contributed by atoms with Gasteiger partial charge in [-0.15, -0.1) is 0 Å². The Bertz CT molecular complexity index is 367. The van der Waals surface area contributed by atoms with Crippen LogP contribution in [-0.2, 0) is 9.53 Å². The van der Waals surface area contributed by atoms with Crippen LogP contribution in [0.2, 0.25) is 0 Å². The third-order valence-electron chi connectivity index (χ3n) is 4.94. The second-order valence-electron chi connectivity index (χ2n) is 6.23. The molecular weight excluding hydrogens is 278 g/mol. The molecule has 0 bridgehead atoms. The molecule has 2 N–H and O–H groups in total. The summed E-state index contributed by atoms with van der Waals surface area (Å²) in [6.45, 7) is 1.21. The van der Waals surface area contributed by atoms with E-state index >= 15 is 0 Å². The van der Waals surface area contributed by atoms with E-state index in [4.69, 9.17) is 4.74 Å². The molecule has 20 heavy (non-hydrogen) atoms. The number of aliphatic carboxylic acids is 1. The van der Waals surface area contributed by atoms with Gasteiger partial charge in [-0.2, -0.15) is 11.8 Å². The largest absolute Gasteiger partial charge is 0.480 e. The van der Waals surface area contributed by atoms with Gasteiger partial charge >= 0.3 is 5.97 Å². The number of aliphatic hydroxyl groups excluding tert-OH is 1. The molecule has 0 radical (unpaired) electrons. The van der Waals surface area contributed by atoms with Crippen molar-refractivity contribution in [3.63, 3.8) is 0 Å². The zero-order chi connectivity index (χ0) is 14.2. The zero-order valence-corrected chi connectivity index (χ0v) is 12.5. The van der Waals surface area contributed by atoms with Gasteiger partial charge in [0.25, 0.3) is 0 Å². The number of thioether (sulfide) groups is 1. The van der Waals surface area contributed by atoms with Crippen molar-refractivity contribution in [2.75, 3.05) is 24.7 Å². The number of hydrogen-bond acceptors (Lipinski definition) is 5. The van der Waals surface area contributed by atoms with Crippen molar-refractivity contribution in [2.45, 2.75) is 55.9 Å². The smallest absolute Gasteiger partial charge is 0.321 e. The molecule has 5 nitrogen and oxygen atoms in total. The number of β-amino-alcohol motifs (C(OH)–C–C–N with tert-alkyl or cyclic N) is 1. The highest BCUT2D eigenvalue weighted by Crippen LogP contribution is 2.40. The molecule has 3 aliphatic heterocycles. The summed E-state index contributed by atoms with van der Waals surface area (Å²) in [7, 11) is 0. The molecule has 114 valence electrons. The molecule has 3 saturated heterocycles.